The fourth-order valence-electron chi connectivity index (χ4n) is 3.29. The monoisotopic (exact) mass is 410 g/mol. The van der Waals surface area contributed by atoms with E-state index in [1.165, 1.54) is 36.4 Å². The summed E-state index contributed by atoms with van der Waals surface area (Å²) >= 11 is 0. The molecule has 1 saturated heterocycles. The summed E-state index contributed by atoms with van der Waals surface area (Å²) in [5.41, 5.74) is -0.0201. The van der Waals surface area contributed by atoms with Gasteiger partial charge in [0.1, 0.15) is 11.6 Å². The Morgan fingerprint density at radius 2 is 1.79 bits per heavy atom. The lowest BCUT2D eigenvalue weighted by molar-refractivity contribution is -0.137. The van der Waals surface area contributed by atoms with Crippen molar-refractivity contribution in [2.75, 3.05) is 19.7 Å². The third-order valence-electron chi connectivity index (χ3n) is 4.80. The van der Waals surface area contributed by atoms with Crippen molar-refractivity contribution in [2.45, 2.75) is 31.6 Å². The highest BCUT2D eigenvalue weighted by Crippen LogP contribution is 2.30. The lowest BCUT2D eigenvalue weighted by atomic mass is 10.0. The molecule has 0 radical (unpaired) electrons. The fraction of sp³-hybridized carbons (Fsp3) is 0.381. The zero-order chi connectivity index (χ0) is 20.9. The van der Waals surface area contributed by atoms with E-state index in [1.54, 1.807) is 6.07 Å². The van der Waals surface area contributed by atoms with Crippen molar-refractivity contribution >= 4 is 5.91 Å². The van der Waals surface area contributed by atoms with Gasteiger partial charge in [-0.3, -0.25) is 9.69 Å². The molecule has 0 aromatic heterocycles. The van der Waals surface area contributed by atoms with Crippen LogP contribution in [0.15, 0.2) is 48.5 Å². The van der Waals surface area contributed by atoms with Gasteiger partial charge in [-0.05, 0) is 48.7 Å². The molecule has 4 nitrogen and oxygen atoms in total. The van der Waals surface area contributed by atoms with Gasteiger partial charge in [-0.15, -0.1) is 0 Å². The summed E-state index contributed by atoms with van der Waals surface area (Å²) < 4.78 is 56.7. The minimum absolute atomic E-state index is 0.00271. The first-order valence-corrected chi connectivity index (χ1v) is 9.36. The van der Waals surface area contributed by atoms with Gasteiger partial charge in [0.05, 0.1) is 5.56 Å². The van der Waals surface area contributed by atoms with E-state index in [-0.39, 0.29) is 24.4 Å². The minimum atomic E-state index is -4.34. The van der Waals surface area contributed by atoms with E-state index in [4.69, 9.17) is 4.74 Å². The number of carbonyl (C=O) groups is 1. The molecule has 2 aromatic carbocycles. The number of alkyl halides is 3. The predicted octanol–water partition coefficient (Wildman–Crippen LogP) is 4.00. The third-order valence-corrected chi connectivity index (χ3v) is 4.80. The molecule has 1 N–H and O–H groups in total. The Hall–Kier alpha value is -2.61. The molecule has 0 atom stereocenters. The lowest BCUT2D eigenvalue weighted by Crippen LogP contribution is -2.45. The predicted molar refractivity (Wildman–Crippen MR) is 99.8 cm³/mol. The molecule has 0 saturated carbocycles. The second-order valence-electron chi connectivity index (χ2n) is 7.06. The molecule has 0 unspecified atom stereocenters. The number of hydrogen-bond donors (Lipinski definition) is 1. The summed E-state index contributed by atoms with van der Waals surface area (Å²) in [7, 11) is 0. The van der Waals surface area contributed by atoms with E-state index in [0.717, 1.165) is 6.07 Å². The summed E-state index contributed by atoms with van der Waals surface area (Å²) in [4.78, 5) is 14.1. The highest BCUT2D eigenvalue weighted by Gasteiger charge is 2.30. The Kier molecular flexibility index (Phi) is 6.74. The second-order valence-corrected chi connectivity index (χ2v) is 7.06. The number of benzene rings is 2. The smallest absolute Gasteiger partial charge is 0.416 e. The number of carbonyl (C=O) groups excluding carboxylic acids is 1. The van der Waals surface area contributed by atoms with E-state index in [1.807, 2.05) is 0 Å². The molecule has 1 aliphatic heterocycles. The van der Waals surface area contributed by atoms with Crippen LogP contribution < -0.4 is 10.1 Å². The van der Waals surface area contributed by atoms with Crippen molar-refractivity contribution in [1.82, 2.24) is 10.2 Å². The first-order valence-electron chi connectivity index (χ1n) is 9.36. The fourth-order valence-corrected chi connectivity index (χ4v) is 3.29. The van der Waals surface area contributed by atoms with Crippen LogP contribution in [0.2, 0.25) is 0 Å². The molecule has 1 fully saturated rings. The van der Waals surface area contributed by atoms with Crippen molar-refractivity contribution in [1.29, 1.82) is 0 Å². The number of hydrogen-bond acceptors (Lipinski definition) is 3. The van der Waals surface area contributed by atoms with Crippen molar-refractivity contribution in [2.24, 2.45) is 0 Å². The number of halogens is 4. The van der Waals surface area contributed by atoms with E-state index in [9.17, 15) is 22.4 Å². The second kappa shape index (κ2) is 9.26. The van der Waals surface area contributed by atoms with Crippen LogP contribution >= 0.6 is 0 Å². The average molecular weight is 410 g/mol. The van der Waals surface area contributed by atoms with Crippen molar-refractivity contribution in [3.63, 3.8) is 0 Å². The standard InChI is InChI=1S/C21H22F4N2O2/c22-17-4-6-19(7-5-17)29-14-20(28)26-18-8-10-27(11-9-18)13-15-2-1-3-16(12-15)21(23,24)25/h1-7,12,18H,8-11,13-14H2,(H,26,28). The van der Waals surface area contributed by atoms with Gasteiger partial charge in [-0.1, -0.05) is 18.2 Å². The van der Waals surface area contributed by atoms with Crippen molar-refractivity contribution in [3.05, 3.63) is 65.5 Å². The molecular formula is C21H22F4N2O2. The summed E-state index contributed by atoms with van der Waals surface area (Å²) in [5, 5.41) is 2.90. The zero-order valence-corrected chi connectivity index (χ0v) is 15.7. The molecule has 1 aliphatic rings. The largest absolute Gasteiger partial charge is 0.484 e. The third kappa shape index (κ3) is 6.45. The highest BCUT2D eigenvalue weighted by molar-refractivity contribution is 5.77. The van der Waals surface area contributed by atoms with E-state index >= 15 is 0 Å². The Balaban J connectivity index is 1.41. The molecule has 8 heteroatoms. The van der Waals surface area contributed by atoms with Gasteiger partial charge in [0, 0.05) is 25.7 Å². The number of nitrogens with one attached hydrogen (secondary N) is 1. The minimum Gasteiger partial charge on any atom is -0.484 e. The van der Waals surface area contributed by atoms with Crippen LogP contribution in [-0.4, -0.2) is 36.5 Å². The van der Waals surface area contributed by atoms with Gasteiger partial charge in [-0.25, -0.2) is 4.39 Å². The highest BCUT2D eigenvalue weighted by atomic mass is 19.4. The number of rotatable bonds is 6. The molecule has 156 valence electrons. The van der Waals surface area contributed by atoms with Crippen molar-refractivity contribution < 1.29 is 27.1 Å². The summed E-state index contributed by atoms with van der Waals surface area (Å²) in [6.07, 6.45) is -2.92. The van der Waals surface area contributed by atoms with Gasteiger partial charge in [0.2, 0.25) is 0 Å². The maximum atomic E-state index is 12.8. The number of nitrogens with zero attached hydrogens (tertiary/aromatic N) is 1. The Morgan fingerprint density at radius 3 is 2.45 bits per heavy atom. The number of likely N-dealkylation sites (tertiary alicyclic amines) is 1. The number of amides is 1. The Morgan fingerprint density at radius 1 is 1.10 bits per heavy atom. The number of ether oxygens (including phenoxy) is 1. The van der Waals surface area contributed by atoms with Gasteiger partial charge in [0.25, 0.3) is 5.91 Å². The molecule has 1 heterocycles. The zero-order valence-electron chi connectivity index (χ0n) is 15.7. The Bertz CT molecular complexity index is 816. The van der Waals surface area contributed by atoms with Crippen molar-refractivity contribution in [3.8, 4) is 5.75 Å². The SMILES string of the molecule is O=C(COc1ccc(F)cc1)NC1CCN(Cc2cccc(C(F)(F)F)c2)CC1. The first kappa shape index (κ1) is 21.1. The molecule has 29 heavy (non-hydrogen) atoms. The lowest BCUT2D eigenvalue weighted by Gasteiger charge is -2.32. The van der Waals surface area contributed by atoms with E-state index in [2.05, 4.69) is 10.2 Å². The molecule has 3 rings (SSSR count). The molecule has 0 bridgehead atoms. The van der Waals surface area contributed by atoms with E-state index < -0.39 is 11.7 Å². The summed E-state index contributed by atoms with van der Waals surface area (Å²) in [6, 6.07) is 10.8. The maximum absolute atomic E-state index is 12.8. The topological polar surface area (TPSA) is 41.6 Å². The van der Waals surface area contributed by atoms with Crippen LogP contribution in [0.1, 0.15) is 24.0 Å². The quantitative estimate of drug-likeness (QED) is 0.732. The Labute approximate surface area is 166 Å². The molecule has 0 spiro atoms. The maximum Gasteiger partial charge on any atom is 0.416 e. The van der Waals surface area contributed by atoms with Gasteiger partial charge < -0.3 is 10.1 Å². The van der Waals surface area contributed by atoms with Crippen LogP contribution in [0.25, 0.3) is 0 Å². The summed E-state index contributed by atoms with van der Waals surface area (Å²) in [6.45, 7) is 1.65. The molecular weight excluding hydrogens is 388 g/mol. The normalized spacial score (nSPS) is 15.9. The van der Waals surface area contributed by atoms with Crippen LogP contribution in [0.4, 0.5) is 17.6 Å². The van der Waals surface area contributed by atoms with Gasteiger partial charge >= 0.3 is 6.18 Å². The summed E-state index contributed by atoms with van der Waals surface area (Å²) in [5.74, 6) is -0.221. The molecule has 0 aliphatic carbocycles. The number of piperidine rings is 1. The van der Waals surface area contributed by atoms with Crippen LogP contribution in [0.5, 0.6) is 5.75 Å². The van der Waals surface area contributed by atoms with Crippen LogP contribution in [0, 0.1) is 5.82 Å². The average Bonchev–Trinajstić information content (AvgIpc) is 2.69. The van der Waals surface area contributed by atoms with E-state index in [0.29, 0.717) is 43.8 Å². The van der Waals surface area contributed by atoms with Gasteiger partial charge in [-0.2, -0.15) is 13.2 Å². The molecule has 2 aromatic rings. The van der Waals surface area contributed by atoms with Crippen LogP contribution in [-0.2, 0) is 17.5 Å². The first-order chi connectivity index (χ1) is 13.8. The van der Waals surface area contributed by atoms with Crippen LogP contribution in [0.3, 0.4) is 0 Å². The van der Waals surface area contributed by atoms with Gasteiger partial charge in [0.15, 0.2) is 6.61 Å². The molecule has 1 amide bonds.